The van der Waals surface area contributed by atoms with Crippen molar-refractivity contribution in [3.8, 4) is 17.2 Å². The van der Waals surface area contributed by atoms with Crippen molar-refractivity contribution in [2.75, 3.05) is 23.9 Å². The second-order valence-corrected chi connectivity index (χ2v) is 10.1. The highest BCUT2D eigenvalue weighted by molar-refractivity contribution is 7.99. The molecule has 0 spiro atoms. The van der Waals surface area contributed by atoms with Crippen LogP contribution in [0.15, 0.2) is 36.4 Å². The Kier molecular flexibility index (Phi) is 6.19. The van der Waals surface area contributed by atoms with Crippen LogP contribution in [0.4, 0.5) is 5.95 Å². The van der Waals surface area contributed by atoms with Gasteiger partial charge in [-0.25, -0.2) is 0 Å². The van der Waals surface area contributed by atoms with E-state index in [0.29, 0.717) is 22.3 Å². The highest BCUT2D eigenvalue weighted by Crippen LogP contribution is 2.43. The zero-order valence-electron chi connectivity index (χ0n) is 18.3. The van der Waals surface area contributed by atoms with Crippen molar-refractivity contribution in [3.05, 3.63) is 52.4 Å². The van der Waals surface area contributed by atoms with Crippen molar-refractivity contribution in [2.24, 2.45) is 0 Å². The molecule has 0 aliphatic carbocycles. The van der Waals surface area contributed by atoms with Crippen molar-refractivity contribution >= 4 is 45.0 Å². The van der Waals surface area contributed by atoms with Crippen molar-refractivity contribution in [2.45, 2.75) is 25.7 Å². The number of aryl methyl sites for hydroxylation is 1. The molecular weight excluding hydrogens is 458 g/mol. The maximum atomic E-state index is 13.1. The highest BCUT2D eigenvalue weighted by Gasteiger charge is 2.23. The lowest BCUT2D eigenvalue weighted by Gasteiger charge is -2.21. The van der Waals surface area contributed by atoms with E-state index in [0.717, 1.165) is 21.4 Å². The zero-order chi connectivity index (χ0) is 22.8. The first-order valence-electron chi connectivity index (χ1n) is 10.6. The largest absolute Gasteiger partial charge is 0.496 e. The number of H-pyrrole nitrogens is 1. The van der Waals surface area contributed by atoms with Gasteiger partial charge in [-0.1, -0.05) is 17.2 Å². The Morgan fingerprint density at radius 3 is 2.67 bits per heavy atom. The van der Waals surface area contributed by atoms with Gasteiger partial charge in [0.25, 0.3) is 11.9 Å². The number of rotatable bonds is 6. The van der Waals surface area contributed by atoms with Gasteiger partial charge in [-0.2, -0.15) is 17.0 Å². The number of nitrogens with zero attached hydrogens (tertiary/aromatic N) is 3. The van der Waals surface area contributed by atoms with Crippen LogP contribution in [0.3, 0.4) is 0 Å². The van der Waals surface area contributed by atoms with Crippen molar-refractivity contribution in [1.82, 2.24) is 20.6 Å². The first-order chi connectivity index (χ1) is 16.1. The fourth-order valence-electron chi connectivity index (χ4n) is 4.00. The molecule has 2 aromatic heterocycles. The summed E-state index contributed by atoms with van der Waals surface area (Å²) >= 11 is 3.37. The highest BCUT2D eigenvalue weighted by atomic mass is 32.2. The van der Waals surface area contributed by atoms with Gasteiger partial charge in [-0.3, -0.25) is 10.1 Å². The number of aromatic amines is 1. The number of carbonyl (C=O) groups is 1. The van der Waals surface area contributed by atoms with Gasteiger partial charge in [0, 0.05) is 10.1 Å². The summed E-state index contributed by atoms with van der Waals surface area (Å²) in [6.07, 6.45) is 2.42. The Labute approximate surface area is 199 Å². The van der Waals surface area contributed by atoms with E-state index in [1.807, 2.05) is 43.0 Å². The van der Waals surface area contributed by atoms with Crippen LogP contribution in [0.1, 0.15) is 39.6 Å². The number of nitrogens with one attached hydrogen (secondary N) is 2. The van der Waals surface area contributed by atoms with E-state index in [-0.39, 0.29) is 11.9 Å². The molecule has 1 aliphatic heterocycles. The first kappa shape index (κ1) is 21.7. The number of amides is 1. The molecule has 0 radical (unpaired) electrons. The quantitative estimate of drug-likeness (QED) is 0.381. The van der Waals surface area contributed by atoms with E-state index in [1.165, 1.54) is 41.2 Å². The number of hydrogen-bond acceptors (Lipinski definition) is 8. The molecule has 3 heterocycles. The molecule has 8 nitrogen and oxygen atoms in total. The maximum absolute atomic E-state index is 13.1. The summed E-state index contributed by atoms with van der Waals surface area (Å²) in [5.41, 5.74) is 2.32. The maximum Gasteiger partial charge on any atom is 0.272 e. The molecule has 1 fully saturated rings. The molecule has 2 N–H and O–H groups in total. The van der Waals surface area contributed by atoms with Crippen molar-refractivity contribution in [3.63, 3.8) is 0 Å². The van der Waals surface area contributed by atoms with Crippen LogP contribution in [-0.4, -0.2) is 45.1 Å². The van der Waals surface area contributed by atoms with Gasteiger partial charge >= 0.3 is 0 Å². The molecule has 170 valence electrons. The summed E-state index contributed by atoms with van der Waals surface area (Å²) in [7, 11) is 1.63. The average Bonchev–Trinajstić information content (AvgIpc) is 3.47. The van der Waals surface area contributed by atoms with Crippen LogP contribution >= 0.6 is 23.1 Å². The summed E-state index contributed by atoms with van der Waals surface area (Å²) < 4.78 is 12.7. The number of tetrazole rings is 1. The second kappa shape index (κ2) is 9.40. The Morgan fingerprint density at radius 2 is 1.97 bits per heavy atom. The Balaban J connectivity index is 1.50. The molecule has 0 atom stereocenters. The third-order valence-corrected chi connectivity index (χ3v) is 7.91. The standard InChI is InChI=1S/C23H23N5O3S2/c1-13-11-19-17(12-18(13)30-2)20(21(33-19)22(29)24-23-25-27-28-26-23)31-16-5-3-14(4-6-16)15-7-9-32-10-8-15/h3-6,11-12,15H,7-10H2,1-2H3,(H2,24,25,26,27,28,29). The molecule has 0 bridgehead atoms. The molecule has 1 aliphatic rings. The van der Waals surface area contributed by atoms with E-state index < -0.39 is 0 Å². The number of thiophene rings is 1. The topological polar surface area (TPSA) is 102 Å². The van der Waals surface area contributed by atoms with E-state index in [2.05, 4.69) is 38.1 Å². The predicted molar refractivity (Wildman–Crippen MR) is 131 cm³/mol. The minimum Gasteiger partial charge on any atom is -0.496 e. The number of carbonyl (C=O) groups excluding carboxylic acids is 1. The van der Waals surface area contributed by atoms with Gasteiger partial charge < -0.3 is 9.47 Å². The van der Waals surface area contributed by atoms with Crippen molar-refractivity contribution in [1.29, 1.82) is 0 Å². The first-order valence-corrected chi connectivity index (χ1v) is 12.6. The second-order valence-electron chi connectivity index (χ2n) is 7.83. The van der Waals surface area contributed by atoms with E-state index in [1.54, 1.807) is 7.11 Å². The van der Waals surface area contributed by atoms with Crippen LogP contribution in [-0.2, 0) is 0 Å². The summed E-state index contributed by atoms with van der Waals surface area (Å²) in [5, 5.41) is 16.9. The third-order valence-electron chi connectivity index (χ3n) is 5.73. The average molecular weight is 482 g/mol. The summed E-state index contributed by atoms with van der Waals surface area (Å²) in [6, 6.07) is 12.1. The van der Waals surface area contributed by atoms with Gasteiger partial charge in [0.2, 0.25) is 0 Å². The molecule has 1 amide bonds. The smallest absolute Gasteiger partial charge is 0.272 e. The minimum absolute atomic E-state index is 0.104. The Morgan fingerprint density at radius 1 is 1.18 bits per heavy atom. The SMILES string of the molecule is COc1cc2c(Oc3ccc(C4CCSCC4)cc3)c(C(=O)Nc3nn[nH]n3)sc2cc1C. The van der Waals surface area contributed by atoms with Gasteiger partial charge in [0.15, 0.2) is 5.75 Å². The lowest BCUT2D eigenvalue weighted by Crippen LogP contribution is -2.12. The molecule has 2 aromatic carbocycles. The van der Waals surface area contributed by atoms with Crippen LogP contribution in [0.5, 0.6) is 17.2 Å². The molecule has 33 heavy (non-hydrogen) atoms. The van der Waals surface area contributed by atoms with Gasteiger partial charge in [0.1, 0.15) is 16.4 Å². The Hall–Kier alpha value is -3.11. The molecule has 1 saturated heterocycles. The summed E-state index contributed by atoms with van der Waals surface area (Å²) in [4.78, 5) is 13.5. The van der Waals surface area contributed by atoms with E-state index in [4.69, 9.17) is 9.47 Å². The van der Waals surface area contributed by atoms with Gasteiger partial charge in [-0.15, -0.1) is 16.4 Å². The minimum atomic E-state index is -0.361. The zero-order valence-corrected chi connectivity index (χ0v) is 19.9. The fraction of sp³-hybridized carbons (Fsp3) is 0.304. The van der Waals surface area contributed by atoms with Gasteiger partial charge in [-0.05, 0) is 77.8 Å². The summed E-state index contributed by atoms with van der Waals surface area (Å²) in [5.74, 6) is 4.67. The van der Waals surface area contributed by atoms with Crippen LogP contribution in [0.2, 0.25) is 0 Å². The predicted octanol–water partition coefficient (Wildman–Crippen LogP) is 5.39. The van der Waals surface area contributed by atoms with Gasteiger partial charge in [0.05, 0.1) is 7.11 Å². The molecular formula is C23H23N5O3S2. The molecule has 10 heteroatoms. The van der Waals surface area contributed by atoms with E-state index in [9.17, 15) is 4.79 Å². The number of ether oxygens (including phenoxy) is 2. The lowest BCUT2D eigenvalue weighted by atomic mass is 9.93. The lowest BCUT2D eigenvalue weighted by molar-refractivity contribution is 0.102. The Bertz CT molecular complexity index is 1270. The van der Waals surface area contributed by atoms with E-state index >= 15 is 0 Å². The number of benzene rings is 2. The number of thioether (sulfide) groups is 1. The monoisotopic (exact) mass is 481 g/mol. The molecule has 0 saturated carbocycles. The van der Waals surface area contributed by atoms with Crippen LogP contribution in [0.25, 0.3) is 10.1 Å². The fourth-order valence-corrected chi connectivity index (χ4v) is 6.21. The number of fused-ring (bicyclic) bond motifs is 1. The molecule has 5 rings (SSSR count). The summed E-state index contributed by atoms with van der Waals surface area (Å²) in [6.45, 7) is 1.97. The normalized spacial score (nSPS) is 14.4. The van der Waals surface area contributed by atoms with Crippen LogP contribution in [0, 0.1) is 6.92 Å². The molecule has 4 aromatic rings. The number of hydrogen-bond donors (Lipinski definition) is 2. The number of methoxy groups -OCH3 is 1. The third kappa shape index (κ3) is 4.53. The van der Waals surface area contributed by atoms with Crippen LogP contribution < -0.4 is 14.8 Å². The number of anilines is 1. The molecule has 0 unspecified atom stereocenters. The van der Waals surface area contributed by atoms with Crippen molar-refractivity contribution < 1.29 is 14.3 Å². The number of aromatic nitrogens is 4.